The number of carbonyl (C=O) groups is 1. The number of amides is 1. The van der Waals surface area contributed by atoms with Crippen molar-refractivity contribution in [1.82, 2.24) is 10.2 Å². The predicted molar refractivity (Wildman–Crippen MR) is 97.5 cm³/mol. The third kappa shape index (κ3) is 4.68. The fourth-order valence-electron chi connectivity index (χ4n) is 3.23. The van der Waals surface area contributed by atoms with Gasteiger partial charge in [0.05, 0.1) is 0 Å². The molecule has 3 heteroatoms. The zero-order valence-corrected chi connectivity index (χ0v) is 14.4. The molecule has 0 aromatic heterocycles. The van der Waals surface area contributed by atoms with Gasteiger partial charge in [0.25, 0.3) is 0 Å². The highest BCUT2D eigenvalue weighted by Crippen LogP contribution is 2.19. The smallest absolute Gasteiger partial charge is 0.223 e. The number of benzene rings is 2. The van der Waals surface area contributed by atoms with Gasteiger partial charge in [-0.2, -0.15) is 0 Å². The van der Waals surface area contributed by atoms with Gasteiger partial charge < -0.3 is 5.32 Å². The first kappa shape index (κ1) is 16.7. The van der Waals surface area contributed by atoms with E-state index in [9.17, 15) is 4.79 Å². The largest absolute Gasteiger partial charge is 0.352 e. The van der Waals surface area contributed by atoms with Gasteiger partial charge >= 0.3 is 0 Å². The first-order valence-electron chi connectivity index (χ1n) is 8.80. The zero-order valence-electron chi connectivity index (χ0n) is 14.4. The normalized spacial score (nSPS) is 16.0. The fraction of sp³-hybridized carbons (Fsp3) is 0.381. The molecule has 1 aliphatic heterocycles. The van der Waals surface area contributed by atoms with Crippen LogP contribution < -0.4 is 5.32 Å². The van der Waals surface area contributed by atoms with Crippen molar-refractivity contribution in [2.24, 2.45) is 5.92 Å². The van der Waals surface area contributed by atoms with E-state index in [4.69, 9.17) is 0 Å². The monoisotopic (exact) mass is 322 g/mol. The number of aryl methyl sites for hydroxylation is 1. The van der Waals surface area contributed by atoms with Gasteiger partial charge in [-0.1, -0.05) is 60.2 Å². The molecule has 3 nitrogen and oxygen atoms in total. The van der Waals surface area contributed by atoms with Gasteiger partial charge in [-0.05, 0) is 44.0 Å². The van der Waals surface area contributed by atoms with Crippen LogP contribution in [0.4, 0.5) is 0 Å². The van der Waals surface area contributed by atoms with E-state index >= 15 is 0 Å². The summed E-state index contributed by atoms with van der Waals surface area (Å²) < 4.78 is 0. The molecule has 2 aromatic carbocycles. The van der Waals surface area contributed by atoms with Crippen molar-refractivity contribution in [2.75, 3.05) is 13.1 Å². The zero-order chi connectivity index (χ0) is 16.8. The summed E-state index contributed by atoms with van der Waals surface area (Å²) in [5, 5.41) is 3.10. The maximum absolute atomic E-state index is 12.4. The first-order chi connectivity index (χ1) is 11.7. The van der Waals surface area contributed by atoms with Gasteiger partial charge in [-0.25, -0.2) is 0 Å². The highest BCUT2D eigenvalue weighted by molar-refractivity contribution is 5.78. The molecule has 0 aliphatic carbocycles. The van der Waals surface area contributed by atoms with Crippen LogP contribution in [0.15, 0.2) is 54.6 Å². The summed E-state index contributed by atoms with van der Waals surface area (Å²) in [5.41, 5.74) is 3.76. The molecule has 2 aromatic rings. The summed E-state index contributed by atoms with van der Waals surface area (Å²) in [4.78, 5) is 14.8. The number of likely N-dealkylation sites (tertiary alicyclic amines) is 1. The van der Waals surface area contributed by atoms with Crippen LogP contribution in [0, 0.1) is 12.8 Å². The molecule has 1 aliphatic rings. The first-order valence-corrected chi connectivity index (χ1v) is 8.80. The number of piperidine rings is 1. The lowest BCUT2D eigenvalue weighted by atomic mass is 9.95. The van der Waals surface area contributed by atoms with Gasteiger partial charge in [0, 0.05) is 19.0 Å². The van der Waals surface area contributed by atoms with Crippen LogP contribution in [0.1, 0.15) is 29.5 Å². The van der Waals surface area contributed by atoms with Crippen molar-refractivity contribution in [3.8, 4) is 0 Å². The van der Waals surface area contributed by atoms with Crippen molar-refractivity contribution < 1.29 is 4.79 Å². The second-order valence-corrected chi connectivity index (χ2v) is 6.74. The number of hydrogen-bond acceptors (Lipinski definition) is 2. The maximum atomic E-state index is 12.4. The van der Waals surface area contributed by atoms with Crippen LogP contribution in [0.3, 0.4) is 0 Å². The SMILES string of the molecule is Cc1ccc(CNC(=O)C2CCN(Cc3ccccc3)CC2)cc1. The van der Waals surface area contributed by atoms with Crippen molar-refractivity contribution >= 4 is 5.91 Å². The van der Waals surface area contributed by atoms with E-state index in [0.717, 1.165) is 38.0 Å². The Morgan fingerprint density at radius 2 is 1.67 bits per heavy atom. The molecule has 0 atom stereocenters. The molecule has 3 rings (SSSR count). The highest BCUT2D eigenvalue weighted by atomic mass is 16.1. The van der Waals surface area contributed by atoms with E-state index in [1.54, 1.807) is 0 Å². The molecular weight excluding hydrogens is 296 g/mol. The lowest BCUT2D eigenvalue weighted by Gasteiger charge is -2.31. The van der Waals surface area contributed by atoms with Crippen LogP contribution in [0.2, 0.25) is 0 Å². The summed E-state index contributed by atoms with van der Waals surface area (Å²) in [5.74, 6) is 0.359. The fourth-order valence-corrected chi connectivity index (χ4v) is 3.23. The van der Waals surface area contributed by atoms with Gasteiger partial charge in [-0.3, -0.25) is 9.69 Å². The number of rotatable bonds is 5. The number of nitrogens with one attached hydrogen (secondary N) is 1. The molecule has 24 heavy (non-hydrogen) atoms. The Bertz CT molecular complexity index is 643. The van der Waals surface area contributed by atoms with Crippen molar-refractivity contribution in [3.63, 3.8) is 0 Å². The predicted octanol–water partition coefficient (Wildman–Crippen LogP) is 3.52. The Hall–Kier alpha value is -2.13. The average molecular weight is 322 g/mol. The van der Waals surface area contributed by atoms with Gasteiger partial charge in [0.2, 0.25) is 5.91 Å². The quantitative estimate of drug-likeness (QED) is 0.913. The Kier molecular flexibility index (Phi) is 5.65. The second kappa shape index (κ2) is 8.11. The molecule has 0 saturated carbocycles. The van der Waals surface area contributed by atoms with Crippen LogP contribution in [0.5, 0.6) is 0 Å². The van der Waals surface area contributed by atoms with Crippen molar-refractivity contribution in [3.05, 3.63) is 71.3 Å². The van der Waals surface area contributed by atoms with Gasteiger partial charge in [0.15, 0.2) is 0 Å². The molecule has 0 unspecified atom stereocenters. The Balaban J connectivity index is 1.42. The van der Waals surface area contributed by atoms with Crippen molar-refractivity contribution in [1.29, 1.82) is 0 Å². The van der Waals surface area contributed by atoms with E-state index in [2.05, 4.69) is 65.7 Å². The minimum Gasteiger partial charge on any atom is -0.352 e. The summed E-state index contributed by atoms with van der Waals surface area (Å²) in [6.07, 6.45) is 1.90. The molecule has 126 valence electrons. The average Bonchev–Trinajstić information content (AvgIpc) is 2.62. The number of carbonyl (C=O) groups excluding carboxylic acids is 1. The molecular formula is C21H26N2O. The van der Waals surface area contributed by atoms with Crippen LogP contribution in [-0.2, 0) is 17.9 Å². The van der Waals surface area contributed by atoms with E-state index in [0.29, 0.717) is 6.54 Å². The van der Waals surface area contributed by atoms with E-state index in [1.807, 2.05) is 6.07 Å². The minimum atomic E-state index is 0.155. The summed E-state index contributed by atoms with van der Waals surface area (Å²) in [7, 11) is 0. The summed E-state index contributed by atoms with van der Waals surface area (Å²) >= 11 is 0. The highest BCUT2D eigenvalue weighted by Gasteiger charge is 2.24. The lowest BCUT2D eigenvalue weighted by Crippen LogP contribution is -2.40. The Morgan fingerprint density at radius 3 is 2.33 bits per heavy atom. The molecule has 0 spiro atoms. The van der Waals surface area contributed by atoms with Crippen molar-refractivity contribution in [2.45, 2.75) is 32.9 Å². The van der Waals surface area contributed by atoms with Crippen LogP contribution in [0.25, 0.3) is 0 Å². The third-order valence-electron chi connectivity index (χ3n) is 4.79. The topological polar surface area (TPSA) is 32.3 Å². The molecule has 1 heterocycles. The van der Waals surface area contributed by atoms with Crippen LogP contribution >= 0.6 is 0 Å². The Labute approximate surface area is 144 Å². The molecule has 0 bridgehead atoms. The molecule has 1 N–H and O–H groups in total. The van der Waals surface area contributed by atoms with E-state index < -0.39 is 0 Å². The van der Waals surface area contributed by atoms with E-state index in [1.165, 1.54) is 11.1 Å². The molecule has 1 amide bonds. The molecule has 0 radical (unpaired) electrons. The van der Waals surface area contributed by atoms with Crippen LogP contribution in [-0.4, -0.2) is 23.9 Å². The minimum absolute atomic E-state index is 0.155. The molecule has 1 fully saturated rings. The summed E-state index contributed by atoms with van der Waals surface area (Å²) in [6, 6.07) is 18.9. The summed E-state index contributed by atoms with van der Waals surface area (Å²) in [6.45, 7) is 5.68. The van der Waals surface area contributed by atoms with Gasteiger partial charge in [0.1, 0.15) is 0 Å². The molecule has 1 saturated heterocycles. The third-order valence-corrected chi connectivity index (χ3v) is 4.79. The van der Waals surface area contributed by atoms with Gasteiger partial charge in [-0.15, -0.1) is 0 Å². The number of hydrogen-bond donors (Lipinski definition) is 1. The Morgan fingerprint density at radius 1 is 1.00 bits per heavy atom. The second-order valence-electron chi connectivity index (χ2n) is 6.74. The number of nitrogens with zero attached hydrogens (tertiary/aromatic N) is 1. The lowest BCUT2D eigenvalue weighted by molar-refractivity contribution is -0.126. The van der Waals surface area contributed by atoms with E-state index in [-0.39, 0.29) is 11.8 Å². The maximum Gasteiger partial charge on any atom is 0.223 e. The standard InChI is InChI=1S/C21H26N2O/c1-17-7-9-18(10-8-17)15-22-21(24)20-11-13-23(14-12-20)16-19-5-3-2-4-6-19/h2-10,20H,11-16H2,1H3,(H,22,24).